The Hall–Kier alpha value is -2.92. The third-order valence-electron chi connectivity index (χ3n) is 4.42. The maximum atomic E-state index is 12.6. The zero-order chi connectivity index (χ0) is 19.0. The molecule has 4 rings (SSSR count). The van der Waals surface area contributed by atoms with E-state index < -0.39 is 6.10 Å². The number of hydrogen-bond donors (Lipinski definition) is 0. The van der Waals surface area contributed by atoms with Crippen molar-refractivity contribution < 1.29 is 9.53 Å². The second-order valence-corrected chi connectivity index (χ2v) is 7.59. The van der Waals surface area contributed by atoms with Crippen molar-refractivity contribution in [1.82, 2.24) is 4.98 Å². The van der Waals surface area contributed by atoms with Crippen molar-refractivity contribution in [2.45, 2.75) is 20.0 Å². The number of benzene rings is 2. The van der Waals surface area contributed by atoms with E-state index in [1.807, 2.05) is 48.7 Å². The van der Waals surface area contributed by atoms with Gasteiger partial charge >= 0.3 is 0 Å². The lowest BCUT2D eigenvalue weighted by molar-refractivity contribution is -0.125. The predicted molar refractivity (Wildman–Crippen MR) is 110 cm³/mol. The van der Waals surface area contributed by atoms with Crippen molar-refractivity contribution >= 4 is 22.9 Å². The molecule has 0 radical (unpaired) electrons. The number of anilines is 1. The van der Waals surface area contributed by atoms with E-state index >= 15 is 0 Å². The van der Waals surface area contributed by atoms with Crippen LogP contribution in [0.15, 0.2) is 66.1 Å². The van der Waals surface area contributed by atoms with Crippen LogP contribution >= 0.6 is 11.3 Å². The Morgan fingerprint density at radius 2 is 2.00 bits per heavy atom. The standard InChI is InChI=1S/C22H20N2O2S/c1-14(2)12-24-19-11-17(9-10-20(19)26-15(3)22(24)25)18-13-27-21(23-18)16-7-5-4-6-8-16/h4-11,13,15H,1,12H2,2-3H3. The fourth-order valence-electron chi connectivity index (χ4n) is 3.12. The summed E-state index contributed by atoms with van der Waals surface area (Å²) in [6.45, 7) is 8.13. The number of thiazole rings is 1. The lowest BCUT2D eigenvalue weighted by atomic mass is 10.1. The van der Waals surface area contributed by atoms with Gasteiger partial charge in [-0.15, -0.1) is 11.3 Å². The molecule has 0 N–H and O–H groups in total. The van der Waals surface area contributed by atoms with Gasteiger partial charge in [0.05, 0.1) is 11.4 Å². The Bertz CT molecular complexity index is 1010. The first-order chi connectivity index (χ1) is 13.0. The number of rotatable bonds is 4. The minimum Gasteiger partial charge on any atom is -0.479 e. The zero-order valence-electron chi connectivity index (χ0n) is 15.3. The van der Waals surface area contributed by atoms with Crippen LogP contribution in [0.2, 0.25) is 0 Å². The summed E-state index contributed by atoms with van der Waals surface area (Å²) in [4.78, 5) is 19.1. The van der Waals surface area contributed by atoms with Crippen LogP contribution in [0.25, 0.3) is 21.8 Å². The van der Waals surface area contributed by atoms with Gasteiger partial charge in [-0.2, -0.15) is 0 Å². The largest absolute Gasteiger partial charge is 0.479 e. The van der Waals surface area contributed by atoms with E-state index in [1.165, 1.54) is 0 Å². The molecule has 0 saturated carbocycles. The molecule has 1 amide bonds. The van der Waals surface area contributed by atoms with Crippen LogP contribution in [0, 0.1) is 0 Å². The molecule has 0 spiro atoms. The highest BCUT2D eigenvalue weighted by atomic mass is 32.1. The minimum absolute atomic E-state index is 0.0501. The number of aromatic nitrogens is 1. The normalized spacial score (nSPS) is 16.0. The Morgan fingerprint density at radius 3 is 2.74 bits per heavy atom. The van der Waals surface area contributed by atoms with E-state index in [4.69, 9.17) is 9.72 Å². The van der Waals surface area contributed by atoms with Gasteiger partial charge in [-0.25, -0.2) is 4.98 Å². The van der Waals surface area contributed by atoms with E-state index in [0.29, 0.717) is 12.3 Å². The first-order valence-electron chi connectivity index (χ1n) is 8.80. The second-order valence-electron chi connectivity index (χ2n) is 6.73. The second kappa shape index (κ2) is 7.00. The number of carbonyl (C=O) groups excluding carboxylic acids is 1. The van der Waals surface area contributed by atoms with Crippen LogP contribution in [-0.4, -0.2) is 23.5 Å². The summed E-state index contributed by atoms with van der Waals surface area (Å²) >= 11 is 1.61. The third-order valence-corrected chi connectivity index (χ3v) is 5.31. The number of hydrogen-bond acceptors (Lipinski definition) is 4. The van der Waals surface area contributed by atoms with Crippen LogP contribution in [0.1, 0.15) is 13.8 Å². The molecule has 0 aliphatic carbocycles. The molecule has 2 heterocycles. The lowest BCUT2D eigenvalue weighted by Gasteiger charge is -2.33. The first kappa shape index (κ1) is 17.5. The Morgan fingerprint density at radius 1 is 1.22 bits per heavy atom. The molecule has 0 fully saturated rings. The van der Waals surface area contributed by atoms with Gasteiger partial charge in [-0.3, -0.25) is 4.79 Å². The van der Waals surface area contributed by atoms with Crippen LogP contribution in [0.5, 0.6) is 5.75 Å². The highest BCUT2D eigenvalue weighted by Gasteiger charge is 2.31. The fourth-order valence-corrected chi connectivity index (χ4v) is 3.95. The van der Waals surface area contributed by atoms with Crippen molar-refractivity contribution in [3.8, 4) is 27.6 Å². The Labute approximate surface area is 162 Å². The third kappa shape index (κ3) is 3.38. The monoisotopic (exact) mass is 376 g/mol. The van der Waals surface area contributed by atoms with Gasteiger partial charge in [0.2, 0.25) is 0 Å². The molecule has 1 aromatic heterocycles. The molecule has 0 saturated heterocycles. The summed E-state index contributed by atoms with van der Waals surface area (Å²) in [7, 11) is 0. The van der Waals surface area contributed by atoms with Crippen LogP contribution in [0.4, 0.5) is 5.69 Å². The average molecular weight is 376 g/mol. The van der Waals surface area contributed by atoms with E-state index in [9.17, 15) is 4.79 Å². The summed E-state index contributed by atoms with van der Waals surface area (Å²) in [5.41, 5.74) is 4.65. The predicted octanol–water partition coefficient (Wildman–Crippen LogP) is 5.17. The molecule has 27 heavy (non-hydrogen) atoms. The molecule has 1 aliphatic heterocycles. The Kier molecular flexibility index (Phi) is 4.54. The van der Waals surface area contributed by atoms with Gasteiger partial charge in [0.15, 0.2) is 6.10 Å². The van der Waals surface area contributed by atoms with E-state index in [0.717, 1.165) is 33.1 Å². The summed E-state index contributed by atoms with van der Waals surface area (Å²) in [5.74, 6) is 0.663. The highest BCUT2D eigenvalue weighted by molar-refractivity contribution is 7.13. The molecule has 0 bridgehead atoms. The summed E-state index contributed by atoms with van der Waals surface area (Å²) in [5, 5.41) is 3.02. The molecule has 1 atom stereocenters. The molecule has 136 valence electrons. The van der Waals surface area contributed by atoms with Crippen molar-refractivity contribution in [2.24, 2.45) is 0 Å². The number of amides is 1. The van der Waals surface area contributed by atoms with Crippen molar-refractivity contribution in [3.05, 3.63) is 66.1 Å². The SMILES string of the molecule is C=C(C)CN1C(=O)C(C)Oc2ccc(-c3csc(-c4ccccc4)n3)cc21. The van der Waals surface area contributed by atoms with Crippen molar-refractivity contribution in [2.75, 3.05) is 11.4 Å². The summed E-state index contributed by atoms with van der Waals surface area (Å²) in [6.07, 6.45) is -0.494. The van der Waals surface area contributed by atoms with Gasteiger partial charge in [0.1, 0.15) is 10.8 Å². The molecule has 2 aromatic carbocycles. The zero-order valence-corrected chi connectivity index (χ0v) is 16.1. The quantitative estimate of drug-likeness (QED) is 0.590. The van der Waals surface area contributed by atoms with Crippen LogP contribution in [0.3, 0.4) is 0 Å². The number of ether oxygens (including phenoxy) is 1. The van der Waals surface area contributed by atoms with Crippen molar-refractivity contribution in [3.63, 3.8) is 0 Å². The fraction of sp³-hybridized carbons (Fsp3) is 0.182. The van der Waals surface area contributed by atoms with Gasteiger partial charge in [-0.1, -0.05) is 42.5 Å². The van der Waals surface area contributed by atoms with Crippen LogP contribution in [-0.2, 0) is 4.79 Å². The van der Waals surface area contributed by atoms with Gasteiger partial charge in [0.25, 0.3) is 5.91 Å². The van der Waals surface area contributed by atoms with E-state index in [1.54, 1.807) is 23.2 Å². The molecule has 1 unspecified atom stereocenters. The van der Waals surface area contributed by atoms with Gasteiger partial charge in [0, 0.05) is 23.1 Å². The molecular formula is C22H20N2O2S. The number of fused-ring (bicyclic) bond motifs is 1. The average Bonchev–Trinajstić information content (AvgIpc) is 3.16. The first-order valence-corrected chi connectivity index (χ1v) is 9.68. The molecular weight excluding hydrogens is 356 g/mol. The summed E-state index contributed by atoms with van der Waals surface area (Å²) in [6, 6.07) is 16.0. The van der Waals surface area contributed by atoms with Crippen molar-refractivity contribution in [1.29, 1.82) is 0 Å². The van der Waals surface area contributed by atoms with Gasteiger partial charge < -0.3 is 9.64 Å². The highest BCUT2D eigenvalue weighted by Crippen LogP contribution is 2.38. The lowest BCUT2D eigenvalue weighted by Crippen LogP contribution is -2.45. The van der Waals surface area contributed by atoms with Crippen LogP contribution < -0.4 is 9.64 Å². The molecule has 1 aliphatic rings. The smallest absolute Gasteiger partial charge is 0.268 e. The van der Waals surface area contributed by atoms with E-state index in [-0.39, 0.29) is 5.91 Å². The maximum Gasteiger partial charge on any atom is 0.268 e. The van der Waals surface area contributed by atoms with Gasteiger partial charge in [-0.05, 0) is 32.0 Å². The Balaban J connectivity index is 1.72. The minimum atomic E-state index is -0.494. The summed E-state index contributed by atoms with van der Waals surface area (Å²) < 4.78 is 5.78. The molecule has 5 heteroatoms. The topological polar surface area (TPSA) is 42.4 Å². The van der Waals surface area contributed by atoms with E-state index in [2.05, 4.69) is 18.7 Å². The maximum absolute atomic E-state index is 12.6. The number of nitrogens with zero attached hydrogens (tertiary/aromatic N) is 2. The molecule has 4 nitrogen and oxygen atoms in total. The number of carbonyl (C=O) groups is 1. The molecule has 3 aromatic rings.